The first-order chi connectivity index (χ1) is 8.56. The van der Waals surface area contributed by atoms with Gasteiger partial charge in [0.05, 0.1) is 0 Å². The molecule has 4 nitrogen and oxygen atoms in total. The van der Waals surface area contributed by atoms with Crippen molar-refractivity contribution in [3.05, 3.63) is 28.7 Å². The van der Waals surface area contributed by atoms with Crippen LogP contribution < -0.4 is 5.32 Å². The van der Waals surface area contributed by atoms with Gasteiger partial charge in [-0.2, -0.15) is 0 Å². The van der Waals surface area contributed by atoms with E-state index in [1.165, 1.54) is 11.3 Å². The highest BCUT2D eigenvalue weighted by Crippen LogP contribution is 2.27. The smallest absolute Gasteiger partial charge is 0.243 e. The van der Waals surface area contributed by atoms with E-state index in [0.29, 0.717) is 5.13 Å². The lowest BCUT2D eigenvalue weighted by molar-refractivity contribution is -0.115. The fourth-order valence-electron chi connectivity index (χ4n) is 1.19. The number of rotatable bonds is 3. The standard InChI is InChI=1S/C11H9BrClN3OS/c1-6(13)9(17)14-11-16-15-10(18-11)7-2-4-8(12)5-3-7/h2-6H,1H3,(H,14,16,17)/t6-/m0/s1. The second-order valence-corrected chi connectivity index (χ2v) is 6.07. The van der Waals surface area contributed by atoms with Crippen LogP contribution in [0.15, 0.2) is 28.7 Å². The van der Waals surface area contributed by atoms with Crippen LogP contribution in [0, 0.1) is 0 Å². The molecule has 0 bridgehead atoms. The Balaban J connectivity index is 2.15. The average Bonchev–Trinajstić information content (AvgIpc) is 2.78. The Morgan fingerprint density at radius 3 is 2.67 bits per heavy atom. The second kappa shape index (κ2) is 5.77. The quantitative estimate of drug-likeness (QED) is 0.865. The summed E-state index contributed by atoms with van der Waals surface area (Å²) in [6.45, 7) is 1.60. The van der Waals surface area contributed by atoms with Crippen LogP contribution in [-0.4, -0.2) is 21.5 Å². The number of benzene rings is 1. The van der Waals surface area contributed by atoms with Crippen LogP contribution in [0.1, 0.15) is 6.92 Å². The van der Waals surface area contributed by atoms with Crippen molar-refractivity contribution in [2.24, 2.45) is 0 Å². The molecule has 2 rings (SSSR count). The number of amides is 1. The van der Waals surface area contributed by atoms with E-state index in [1.54, 1.807) is 6.92 Å². The molecule has 18 heavy (non-hydrogen) atoms. The van der Waals surface area contributed by atoms with Crippen molar-refractivity contribution in [1.29, 1.82) is 0 Å². The van der Waals surface area contributed by atoms with Crippen LogP contribution >= 0.6 is 38.9 Å². The predicted molar refractivity (Wildman–Crippen MR) is 77.0 cm³/mol. The minimum Gasteiger partial charge on any atom is -0.299 e. The second-order valence-electron chi connectivity index (χ2n) is 3.52. The Hall–Kier alpha value is -0.980. The van der Waals surface area contributed by atoms with E-state index >= 15 is 0 Å². The highest BCUT2D eigenvalue weighted by molar-refractivity contribution is 9.10. The lowest BCUT2D eigenvalue weighted by Gasteiger charge is -2.00. The molecule has 1 N–H and O–H groups in total. The Kier molecular flexibility index (Phi) is 4.31. The lowest BCUT2D eigenvalue weighted by atomic mass is 10.2. The summed E-state index contributed by atoms with van der Waals surface area (Å²) in [4.78, 5) is 11.4. The maximum absolute atomic E-state index is 11.4. The molecule has 1 atom stereocenters. The first kappa shape index (κ1) is 13.5. The Labute approximate surface area is 122 Å². The molecule has 1 heterocycles. The topological polar surface area (TPSA) is 54.9 Å². The highest BCUT2D eigenvalue weighted by Gasteiger charge is 2.13. The molecule has 0 aliphatic carbocycles. The summed E-state index contributed by atoms with van der Waals surface area (Å²) in [6.07, 6.45) is 0. The van der Waals surface area contributed by atoms with E-state index in [2.05, 4.69) is 31.4 Å². The van der Waals surface area contributed by atoms with E-state index in [-0.39, 0.29) is 5.91 Å². The number of alkyl halides is 1. The highest BCUT2D eigenvalue weighted by atomic mass is 79.9. The Morgan fingerprint density at radius 2 is 2.06 bits per heavy atom. The van der Waals surface area contributed by atoms with E-state index in [4.69, 9.17) is 11.6 Å². The molecular formula is C11H9BrClN3OS. The number of hydrogen-bond acceptors (Lipinski definition) is 4. The van der Waals surface area contributed by atoms with Crippen LogP contribution in [0.2, 0.25) is 0 Å². The summed E-state index contributed by atoms with van der Waals surface area (Å²) >= 11 is 10.3. The van der Waals surface area contributed by atoms with E-state index in [1.807, 2.05) is 24.3 Å². The number of nitrogens with one attached hydrogen (secondary N) is 1. The first-order valence-electron chi connectivity index (χ1n) is 5.10. The van der Waals surface area contributed by atoms with Gasteiger partial charge >= 0.3 is 0 Å². The van der Waals surface area contributed by atoms with Crippen LogP contribution in [0.4, 0.5) is 5.13 Å². The van der Waals surface area contributed by atoms with Gasteiger partial charge in [-0.25, -0.2) is 0 Å². The summed E-state index contributed by atoms with van der Waals surface area (Å²) in [7, 11) is 0. The number of carbonyl (C=O) groups is 1. The van der Waals surface area contributed by atoms with Gasteiger partial charge in [-0.3, -0.25) is 10.1 Å². The normalized spacial score (nSPS) is 12.2. The van der Waals surface area contributed by atoms with E-state index < -0.39 is 5.38 Å². The van der Waals surface area contributed by atoms with Crippen LogP contribution in [-0.2, 0) is 4.79 Å². The SMILES string of the molecule is C[C@H](Cl)C(=O)Nc1nnc(-c2ccc(Br)cc2)s1. The molecule has 0 fully saturated rings. The molecule has 0 saturated carbocycles. The zero-order chi connectivity index (χ0) is 13.1. The fourth-order valence-corrected chi connectivity index (χ4v) is 2.26. The summed E-state index contributed by atoms with van der Waals surface area (Å²) in [5.74, 6) is -0.282. The molecule has 0 aliphatic heterocycles. The minimum atomic E-state index is -0.593. The summed E-state index contributed by atoms with van der Waals surface area (Å²) < 4.78 is 1.00. The molecule has 2 aromatic rings. The van der Waals surface area contributed by atoms with Gasteiger partial charge in [0.15, 0.2) is 0 Å². The fraction of sp³-hybridized carbons (Fsp3) is 0.182. The third kappa shape index (κ3) is 3.28. The zero-order valence-corrected chi connectivity index (χ0v) is 12.5. The number of nitrogens with zero attached hydrogens (tertiary/aromatic N) is 2. The van der Waals surface area contributed by atoms with Crippen LogP contribution in [0.25, 0.3) is 10.6 Å². The molecule has 1 amide bonds. The molecule has 0 spiro atoms. The summed E-state index contributed by atoms with van der Waals surface area (Å²) in [6, 6.07) is 7.71. The molecule has 7 heteroatoms. The van der Waals surface area contributed by atoms with Crippen molar-refractivity contribution in [2.75, 3.05) is 5.32 Å². The lowest BCUT2D eigenvalue weighted by Crippen LogP contribution is -2.20. The maximum atomic E-state index is 11.4. The zero-order valence-electron chi connectivity index (χ0n) is 9.35. The van der Waals surface area contributed by atoms with Gasteiger partial charge < -0.3 is 0 Å². The number of halogens is 2. The Bertz CT molecular complexity index is 556. The maximum Gasteiger partial charge on any atom is 0.243 e. The first-order valence-corrected chi connectivity index (χ1v) is 7.15. The van der Waals surface area contributed by atoms with Gasteiger partial charge in [-0.05, 0) is 19.1 Å². The van der Waals surface area contributed by atoms with Gasteiger partial charge in [-0.15, -0.1) is 21.8 Å². The predicted octanol–water partition coefficient (Wildman–Crippen LogP) is 3.53. The van der Waals surface area contributed by atoms with Crippen molar-refractivity contribution in [1.82, 2.24) is 10.2 Å². The van der Waals surface area contributed by atoms with Crippen molar-refractivity contribution in [2.45, 2.75) is 12.3 Å². The molecule has 0 saturated heterocycles. The monoisotopic (exact) mass is 345 g/mol. The third-order valence-corrected chi connectivity index (χ3v) is 3.72. The third-order valence-electron chi connectivity index (χ3n) is 2.11. The summed E-state index contributed by atoms with van der Waals surface area (Å²) in [5, 5.41) is 11.1. The van der Waals surface area contributed by atoms with Crippen LogP contribution in [0.3, 0.4) is 0 Å². The molecule has 0 unspecified atom stereocenters. The van der Waals surface area contributed by atoms with Gasteiger partial charge in [0, 0.05) is 10.0 Å². The molecule has 0 aliphatic rings. The van der Waals surface area contributed by atoms with Gasteiger partial charge in [-0.1, -0.05) is 39.4 Å². The molecule has 94 valence electrons. The number of carbonyl (C=O) groups excluding carboxylic acids is 1. The summed E-state index contributed by atoms with van der Waals surface area (Å²) in [5.41, 5.74) is 0.954. The van der Waals surface area contributed by atoms with Crippen molar-refractivity contribution in [3.63, 3.8) is 0 Å². The van der Waals surface area contributed by atoms with Crippen molar-refractivity contribution >= 4 is 49.9 Å². The van der Waals surface area contributed by atoms with Gasteiger partial charge in [0.2, 0.25) is 11.0 Å². The van der Waals surface area contributed by atoms with E-state index in [0.717, 1.165) is 15.0 Å². The van der Waals surface area contributed by atoms with E-state index in [9.17, 15) is 4.79 Å². The largest absolute Gasteiger partial charge is 0.299 e. The number of hydrogen-bond donors (Lipinski definition) is 1. The van der Waals surface area contributed by atoms with Gasteiger partial charge in [0.25, 0.3) is 0 Å². The molecule has 1 aromatic carbocycles. The van der Waals surface area contributed by atoms with Gasteiger partial charge in [0.1, 0.15) is 10.4 Å². The van der Waals surface area contributed by atoms with Crippen LogP contribution in [0.5, 0.6) is 0 Å². The average molecular weight is 347 g/mol. The molecule has 0 radical (unpaired) electrons. The number of aromatic nitrogens is 2. The van der Waals surface area contributed by atoms with Crippen molar-refractivity contribution in [3.8, 4) is 10.6 Å². The molecular weight excluding hydrogens is 338 g/mol. The number of anilines is 1. The van der Waals surface area contributed by atoms with Crippen molar-refractivity contribution < 1.29 is 4.79 Å². The minimum absolute atomic E-state index is 0.282. The molecule has 1 aromatic heterocycles. The Morgan fingerprint density at radius 1 is 1.39 bits per heavy atom.